The Kier molecular flexibility index (Phi) is 4.84. The van der Waals surface area contributed by atoms with Crippen molar-refractivity contribution in [3.8, 4) is 0 Å². The first-order valence-electron chi connectivity index (χ1n) is 6.01. The Hall–Kier alpha value is -1.32. The molecule has 0 heterocycles. The topological polar surface area (TPSA) is 3.24 Å². The van der Waals surface area contributed by atoms with Crippen molar-refractivity contribution in [2.45, 2.75) is 12.4 Å². The van der Waals surface area contributed by atoms with Crippen LogP contribution in [0.4, 0.5) is 14.5 Å². The highest BCUT2D eigenvalue weighted by atomic mass is 35.5. The quantitative estimate of drug-likeness (QED) is 0.718. The predicted molar refractivity (Wildman–Crippen MR) is 79.5 cm³/mol. The molecule has 0 saturated carbocycles. The Morgan fingerprint density at radius 2 is 1.70 bits per heavy atom. The summed E-state index contributed by atoms with van der Waals surface area (Å²) in [6.45, 7) is 0.313. The number of benzene rings is 2. The second-order valence-corrected chi connectivity index (χ2v) is 5.16. The van der Waals surface area contributed by atoms with E-state index in [2.05, 4.69) is 0 Å². The van der Waals surface area contributed by atoms with Gasteiger partial charge in [0.2, 0.25) is 0 Å². The molecule has 0 aliphatic carbocycles. The second-order valence-electron chi connectivity index (χ2n) is 4.49. The predicted octanol–water partition coefficient (Wildman–Crippen LogP) is 4.99. The number of hydrogen-bond donors (Lipinski definition) is 0. The van der Waals surface area contributed by atoms with Crippen molar-refractivity contribution < 1.29 is 8.78 Å². The summed E-state index contributed by atoms with van der Waals surface area (Å²) in [7, 11) is 1.62. The van der Waals surface area contributed by atoms with Crippen LogP contribution in [0.25, 0.3) is 0 Å². The molecule has 20 heavy (non-hydrogen) atoms. The third kappa shape index (κ3) is 3.22. The number of nitrogens with zero attached hydrogens (tertiary/aromatic N) is 1. The summed E-state index contributed by atoms with van der Waals surface area (Å²) in [5.74, 6) is -1.19. The molecule has 1 nitrogen and oxygen atoms in total. The van der Waals surface area contributed by atoms with Crippen LogP contribution in [-0.4, -0.2) is 7.05 Å². The fourth-order valence-corrected chi connectivity index (χ4v) is 2.37. The first kappa shape index (κ1) is 15.1. The van der Waals surface area contributed by atoms with Crippen molar-refractivity contribution in [3.05, 3.63) is 64.2 Å². The van der Waals surface area contributed by atoms with Gasteiger partial charge in [-0.15, -0.1) is 11.6 Å². The number of hydrogen-bond acceptors (Lipinski definition) is 1. The highest BCUT2D eigenvalue weighted by Crippen LogP contribution is 2.27. The molecular formula is C15H13Cl2F2N. The van der Waals surface area contributed by atoms with Gasteiger partial charge in [0.1, 0.15) is 17.3 Å². The van der Waals surface area contributed by atoms with E-state index in [0.29, 0.717) is 17.1 Å². The number of anilines is 1. The van der Waals surface area contributed by atoms with E-state index in [-0.39, 0.29) is 11.6 Å². The monoisotopic (exact) mass is 315 g/mol. The van der Waals surface area contributed by atoms with E-state index in [4.69, 9.17) is 23.2 Å². The maximum Gasteiger partial charge on any atom is 0.149 e. The molecule has 106 valence electrons. The molecule has 0 amide bonds. The van der Waals surface area contributed by atoms with Crippen LogP contribution in [0.3, 0.4) is 0 Å². The summed E-state index contributed by atoms with van der Waals surface area (Å²) < 4.78 is 28.0. The van der Waals surface area contributed by atoms with Crippen LogP contribution >= 0.6 is 23.2 Å². The summed E-state index contributed by atoms with van der Waals surface area (Å²) in [4.78, 5) is 1.49. The molecule has 2 aromatic rings. The zero-order valence-electron chi connectivity index (χ0n) is 10.8. The van der Waals surface area contributed by atoms with Crippen molar-refractivity contribution in [2.24, 2.45) is 0 Å². The van der Waals surface area contributed by atoms with Gasteiger partial charge in [-0.05, 0) is 29.3 Å². The third-order valence-corrected chi connectivity index (χ3v) is 3.66. The highest BCUT2D eigenvalue weighted by molar-refractivity contribution is 6.31. The lowest BCUT2D eigenvalue weighted by Gasteiger charge is -2.21. The van der Waals surface area contributed by atoms with Crippen molar-refractivity contribution >= 4 is 28.9 Å². The molecule has 2 rings (SSSR count). The van der Waals surface area contributed by atoms with Crippen molar-refractivity contribution in [3.63, 3.8) is 0 Å². The molecule has 0 radical (unpaired) electrons. The van der Waals surface area contributed by atoms with Crippen molar-refractivity contribution in [1.29, 1.82) is 0 Å². The number of halogens is 4. The zero-order chi connectivity index (χ0) is 14.7. The van der Waals surface area contributed by atoms with Crippen LogP contribution < -0.4 is 4.90 Å². The van der Waals surface area contributed by atoms with Crippen molar-refractivity contribution in [2.75, 3.05) is 11.9 Å². The van der Waals surface area contributed by atoms with Gasteiger partial charge in [0.25, 0.3) is 0 Å². The molecule has 0 aromatic heterocycles. The minimum atomic E-state index is -0.629. The third-order valence-electron chi connectivity index (χ3n) is 2.98. The lowest BCUT2D eigenvalue weighted by atomic mass is 10.1. The molecule has 2 aromatic carbocycles. The van der Waals surface area contributed by atoms with E-state index >= 15 is 0 Å². The van der Waals surface area contributed by atoms with Gasteiger partial charge in [-0.2, -0.15) is 0 Å². The molecule has 0 unspecified atom stereocenters. The van der Waals surface area contributed by atoms with E-state index in [1.165, 1.54) is 17.0 Å². The molecule has 0 N–H and O–H groups in total. The summed E-state index contributed by atoms with van der Waals surface area (Å²) in [6, 6.07) is 9.69. The number of alkyl halides is 1. The minimum absolute atomic E-state index is 0.0718. The SMILES string of the molecule is CN(Cc1ccccc1Cl)c1c(F)cc(CCl)cc1F. The molecule has 5 heteroatoms. The van der Waals surface area contributed by atoms with Gasteiger partial charge < -0.3 is 4.90 Å². The van der Waals surface area contributed by atoms with Crippen molar-refractivity contribution in [1.82, 2.24) is 0 Å². The van der Waals surface area contributed by atoms with Crippen LogP contribution in [0.1, 0.15) is 11.1 Å². The average Bonchev–Trinajstić information content (AvgIpc) is 2.40. The second kappa shape index (κ2) is 6.42. The Labute approximate surface area is 126 Å². The number of rotatable bonds is 4. The Morgan fingerprint density at radius 1 is 1.10 bits per heavy atom. The maximum absolute atomic E-state index is 14.0. The summed E-state index contributed by atoms with van der Waals surface area (Å²) in [6.07, 6.45) is 0. The van der Waals surface area contributed by atoms with Gasteiger partial charge in [0, 0.05) is 24.5 Å². The Balaban J connectivity index is 2.30. The van der Waals surface area contributed by atoms with Crippen LogP contribution in [-0.2, 0) is 12.4 Å². The maximum atomic E-state index is 14.0. The highest BCUT2D eigenvalue weighted by Gasteiger charge is 2.16. The normalized spacial score (nSPS) is 10.7. The molecule has 0 atom stereocenters. The van der Waals surface area contributed by atoms with Crippen LogP contribution in [0, 0.1) is 11.6 Å². The van der Waals surface area contributed by atoms with Gasteiger partial charge in [-0.25, -0.2) is 8.78 Å². The van der Waals surface area contributed by atoms with E-state index in [9.17, 15) is 8.78 Å². The molecule has 0 saturated heterocycles. The molecule has 0 aliphatic heterocycles. The van der Waals surface area contributed by atoms with Crippen LogP contribution in [0.15, 0.2) is 36.4 Å². The average molecular weight is 316 g/mol. The summed E-state index contributed by atoms with van der Waals surface area (Å²) in [5.41, 5.74) is 1.13. The minimum Gasteiger partial charge on any atom is -0.365 e. The lowest BCUT2D eigenvalue weighted by Crippen LogP contribution is -2.19. The van der Waals surface area contributed by atoms with Gasteiger partial charge in [-0.3, -0.25) is 0 Å². The van der Waals surface area contributed by atoms with Crippen LogP contribution in [0.5, 0.6) is 0 Å². The molecular weight excluding hydrogens is 303 g/mol. The molecule has 0 aliphatic rings. The largest absolute Gasteiger partial charge is 0.365 e. The first-order chi connectivity index (χ1) is 9.52. The zero-order valence-corrected chi connectivity index (χ0v) is 12.3. The molecule has 0 fully saturated rings. The fraction of sp³-hybridized carbons (Fsp3) is 0.200. The Bertz CT molecular complexity index is 594. The van der Waals surface area contributed by atoms with E-state index in [1.54, 1.807) is 13.1 Å². The lowest BCUT2D eigenvalue weighted by molar-refractivity contribution is 0.574. The molecule has 0 spiro atoms. The van der Waals surface area contributed by atoms with Gasteiger partial charge in [-0.1, -0.05) is 29.8 Å². The first-order valence-corrected chi connectivity index (χ1v) is 6.92. The van der Waals surface area contributed by atoms with E-state index in [0.717, 1.165) is 5.56 Å². The van der Waals surface area contributed by atoms with Gasteiger partial charge in [0.05, 0.1) is 0 Å². The standard InChI is InChI=1S/C15H13Cl2F2N/c1-20(9-11-4-2-3-5-12(11)17)15-13(18)6-10(8-16)7-14(15)19/h2-7H,8-9H2,1H3. The fourth-order valence-electron chi connectivity index (χ4n) is 2.02. The molecule has 0 bridgehead atoms. The van der Waals surface area contributed by atoms with Gasteiger partial charge >= 0.3 is 0 Å². The Morgan fingerprint density at radius 3 is 2.25 bits per heavy atom. The summed E-state index contributed by atoms with van der Waals surface area (Å²) in [5, 5.41) is 0.567. The smallest absolute Gasteiger partial charge is 0.149 e. The van der Waals surface area contributed by atoms with Gasteiger partial charge in [0.15, 0.2) is 0 Å². The van der Waals surface area contributed by atoms with Crippen LogP contribution in [0.2, 0.25) is 5.02 Å². The van der Waals surface area contributed by atoms with E-state index in [1.807, 2.05) is 18.2 Å². The van der Waals surface area contributed by atoms with E-state index < -0.39 is 11.6 Å². The summed E-state index contributed by atoms with van der Waals surface area (Å²) >= 11 is 11.6.